The van der Waals surface area contributed by atoms with Crippen molar-refractivity contribution < 1.29 is 21.4 Å². The van der Waals surface area contributed by atoms with Crippen LogP contribution in [0.25, 0.3) is 11.1 Å². The Morgan fingerprint density at radius 2 is 1.42 bits per heavy atom. The van der Waals surface area contributed by atoms with Crippen LogP contribution in [0.5, 0.6) is 5.75 Å². The molecule has 0 bridgehead atoms. The number of halogens is 2. The number of para-hydroxylation sites is 1. The second-order valence-electron chi connectivity index (χ2n) is 4.95. The summed E-state index contributed by atoms with van der Waals surface area (Å²) in [6.07, 6.45) is 0. The molecular formula is C18H12F2O3S. The maximum Gasteiger partial charge on any atom is 0.342 e. The zero-order valence-electron chi connectivity index (χ0n) is 12.3. The maximum absolute atomic E-state index is 13.8. The van der Waals surface area contributed by atoms with Crippen LogP contribution in [0.1, 0.15) is 0 Å². The molecule has 122 valence electrons. The number of benzene rings is 3. The van der Waals surface area contributed by atoms with Gasteiger partial charge in [-0.2, -0.15) is 8.42 Å². The fourth-order valence-electron chi connectivity index (χ4n) is 2.24. The summed E-state index contributed by atoms with van der Waals surface area (Å²) in [6, 6.07) is 18.4. The van der Waals surface area contributed by atoms with Gasteiger partial charge in [0.1, 0.15) is 4.90 Å². The Labute approximate surface area is 138 Å². The van der Waals surface area contributed by atoms with Crippen LogP contribution in [0.2, 0.25) is 0 Å². The first-order valence-corrected chi connectivity index (χ1v) is 8.43. The van der Waals surface area contributed by atoms with Crippen molar-refractivity contribution in [1.82, 2.24) is 0 Å². The van der Waals surface area contributed by atoms with Crippen molar-refractivity contribution in [3.63, 3.8) is 0 Å². The van der Waals surface area contributed by atoms with Crippen LogP contribution in [-0.4, -0.2) is 8.42 Å². The lowest BCUT2D eigenvalue weighted by atomic mass is 10.1. The van der Waals surface area contributed by atoms with Gasteiger partial charge in [-0.25, -0.2) is 8.78 Å². The van der Waals surface area contributed by atoms with E-state index in [1.54, 1.807) is 42.5 Å². The molecule has 0 aliphatic carbocycles. The number of hydrogen-bond donors (Lipinski definition) is 0. The molecule has 0 atom stereocenters. The van der Waals surface area contributed by atoms with E-state index in [0.717, 1.165) is 23.8 Å². The van der Waals surface area contributed by atoms with Gasteiger partial charge >= 0.3 is 10.1 Å². The molecule has 0 aliphatic rings. The number of hydrogen-bond acceptors (Lipinski definition) is 3. The first kappa shape index (κ1) is 16.1. The van der Waals surface area contributed by atoms with E-state index in [2.05, 4.69) is 0 Å². The van der Waals surface area contributed by atoms with E-state index in [9.17, 15) is 17.2 Å². The zero-order chi connectivity index (χ0) is 17.2. The van der Waals surface area contributed by atoms with Crippen molar-refractivity contribution in [1.29, 1.82) is 0 Å². The molecule has 0 saturated carbocycles. The van der Waals surface area contributed by atoms with Crippen LogP contribution in [0.15, 0.2) is 77.7 Å². The van der Waals surface area contributed by atoms with Gasteiger partial charge in [0.05, 0.1) is 0 Å². The van der Waals surface area contributed by atoms with Crippen molar-refractivity contribution >= 4 is 10.1 Å². The van der Waals surface area contributed by atoms with E-state index in [4.69, 9.17) is 4.18 Å². The van der Waals surface area contributed by atoms with Gasteiger partial charge in [-0.1, -0.05) is 54.6 Å². The summed E-state index contributed by atoms with van der Waals surface area (Å²) in [7, 11) is -4.51. The molecular weight excluding hydrogens is 334 g/mol. The Kier molecular flexibility index (Phi) is 4.31. The smallest absolute Gasteiger partial charge is 0.342 e. The topological polar surface area (TPSA) is 43.4 Å². The molecule has 0 amide bonds. The third-order valence-electron chi connectivity index (χ3n) is 3.36. The highest BCUT2D eigenvalue weighted by Crippen LogP contribution is 2.32. The minimum atomic E-state index is -4.51. The molecule has 0 aliphatic heterocycles. The van der Waals surface area contributed by atoms with Crippen LogP contribution in [0.3, 0.4) is 0 Å². The van der Waals surface area contributed by atoms with Gasteiger partial charge in [0.2, 0.25) is 0 Å². The predicted molar refractivity (Wildman–Crippen MR) is 86.0 cm³/mol. The van der Waals surface area contributed by atoms with Crippen molar-refractivity contribution in [2.45, 2.75) is 4.90 Å². The van der Waals surface area contributed by atoms with Crippen molar-refractivity contribution in [3.05, 3.63) is 84.4 Å². The van der Waals surface area contributed by atoms with E-state index in [1.807, 2.05) is 6.07 Å². The van der Waals surface area contributed by atoms with Gasteiger partial charge in [0.15, 0.2) is 17.4 Å². The van der Waals surface area contributed by atoms with Crippen LogP contribution < -0.4 is 4.18 Å². The zero-order valence-corrected chi connectivity index (χ0v) is 13.1. The second-order valence-corrected chi connectivity index (χ2v) is 6.47. The standard InChI is InChI=1S/C18H12F2O3S/c19-15-10-6-12-17(18(15)20)24(21,22)23-16-11-5-4-9-14(16)13-7-2-1-3-8-13/h1-12H. The summed E-state index contributed by atoms with van der Waals surface area (Å²) in [5, 5.41) is 0. The Balaban J connectivity index is 2.05. The first-order valence-electron chi connectivity index (χ1n) is 7.02. The van der Waals surface area contributed by atoms with Gasteiger partial charge in [-0.3, -0.25) is 0 Å². The predicted octanol–water partition coefficient (Wildman–Crippen LogP) is 4.40. The largest absolute Gasteiger partial charge is 0.378 e. The van der Waals surface area contributed by atoms with Crippen LogP contribution in [0.4, 0.5) is 8.78 Å². The SMILES string of the molecule is O=S(=O)(Oc1ccccc1-c1ccccc1)c1cccc(F)c1F. The van der Waals surface area contributed by atoms with Gasteiger partial charge in [0, 0.05) is 5.56 Å². The molecule has 0 N–H and O–H groups in total. The molecule has 0 spiro atoms. The van der Waals surface area contributed by atoms with Crippen LogP contribution in [-0.2, 0) is 10.1 Å². The molecule has 0 saturated heterocycles. The van der Waals surface area contributed by atoms with Gasteiger partial charge in [-0.15, -0.1) is 0 Å². The summed E-state index contributed by atoms with van der Waals surface area (Å²) < 4.78 is 56.8. The fourth-order valence-corrected chi connectivity index (χ4v) is 3.27. The van der Waals surface area contributed by atoms with E-state index in [1.165, 1.54) is 6.07 Å². The third-order valence-corrected chi connectivity index (χ3v) is 4.61. The first-order chi connectivity index (χ1) is 11.5. The lowest BCUT2D eigenvalue weighted by Crippen LogP contribution is -2.13. The molecule has 3 aromatic rings. The highest BCUT2D eigenvalue weighted by atomic mass is 32.2. The molecule has 6 heteroatoms. The summed E-state index contributed by atoms with van der Waals surface area (Å²) >= 11 is 0. The highest BCUT2D eigenvalue weighted by Gasteiger charge is 2.24. The number of rotatable bonds is 4. The summed E-state index contributed by atoms with van der Waals surface area (Å²) in [4.78, 5) is -0.842. The monoisotopic (exact) mass is 346 g/mol. The average Bonchev–Trinajstić information content (AvgIpc) is 2.58. The van der Waals surface area contributed by atoms with Crippen molar-refractivity contribution in [3.8, 4) is 16.9 Å². The molecule has 0 fully saturated rings. The lowest BCUT2D eigenvalue weighted by molar-refractivity contribution is 0.457. The minimum Gasteiger partial charge on any atom is -0.378 e. The molecule has 24 heavy (non-hydrogen) atoms. The molecule has 0 unspecified atom stereocenters. The van der Waals surface area contributed by atoms with Gasteiger partial charge < -0.3 is 4.18 Å². The molecule has 0 radical (unpaired) electrons. The van der Waals surface area contributed by atoms with E-state index < -0.39 is 26.6 Å². The van der Waals surface area contributed by atoms with Gasteiger partial charge in [-0.05, 0) is 23.8 Å². The van der Waals surface area contributed by atoms with Crippen LogP contribution in [0, 0.1) is 11.6 Å². The summed E-state index contributed by atoms with van der Waals surface area (Å²) in [5.74, 6) is -2.68. The Hall–Kier alpha value is -2.73. The molecule has 3 rings (SSSR count). The highest BCUT2D eigenvalue weighted by molar-refractivity contribution is 7.87. The maximum atomic E-state index is 13.8. The Bertz CT molecular complexity index is 971. The quantitative estimate of drug-likeness (QED) is 0.658. The van der Waals surface area contributed by atoms with E-state index in [0.29, 0.717) is 5.56 Å². The van der Waals surface area contributed by atoms with Crippen LogP contribution >= 0.6 is 0 Å². The van der Waals surface area contributed by atoms with Crippen molar-refractivity contribution in [2.75, 3.05) is 0 Å². The normalized spacial score (nSPS) is 11.2. The summed E-state index contributed by atoms with van der Waals surface area (Å²) in [5.41, 5.74) is 1.27. The third kappa shape index (κ3) is 3.14. The molecule has 3 nitrogen and oxygen atoms in total. The minimum absolute atomic E-state index is 0.0346. The second kappa shape index (κ2) is 6.41. The lowest BCUT2D eigenvalue weighted by Gasteiger charge is -2.12. The van der Waals surface area contributed by atoms with E-state index >= 15 is 0 Å². The fraction of sp³-hybridized carbons (Fsp3) is 0. The molecule has 0 heterocycles. The Morgan fingerprint density at radius 1 is 0.750 bits per heavy atom. The summed E-state index contributed by atoms with van der Waals surface area (Å²) in [6.45, 7) is 0. The molecule has 3 aromatic carbocycles. The van der Waals surface area contributed by atoms with E-state index in [-0.39, 0.29) is 5.75 Å². The van der Waals surface area contributed by atoms with Crippen molar-refractivity contribution in [2.24, 2.45) is 0 Å². The van der Waals surface area contributed by atoms with Gasteiger partial charge in [0.25, 0.3) is 0 Å². The average molecular weight is 346 g/mol. The molecule has 0 aromatic heterocycles. The Morgan fingerprint density at radius 3 is 2.17 bits per heavy atom.